The number of aromatic nitrogens is 4. The number of aryl methyl sites for hydroxylation is 3. The zero-order valence-corrected chi connectivity index (χ0v) is 11.5. The van der Waals surface area contributed by atoms with Crippen LogP contribution >= 0.6 is 0 Å². The van der Waals surface area contributed by atoms with Crippen molar-refractivity contribution < 1.29 is 4.79 Å². The number of hydrogen-bond donors (Lipinski definition) is 0. The lowest BCUT2D eigenvalue weighted by atomic mass is 10.2. The molecule has 0 spiro atoms. The second-order valence-corrected chi connectivity index (χ2v) is 4.31. The maximum Gasteiger partial charge on any atom is 0.189 e. The molecular formula is C14H18N4O. The third-order valence-corrected chi connectivity index (χ3v) is 2.96. The summed E-state index contributed by atoms with van der Waals surface area (Å²) in [7, 11) is 0. The van der Waals surface area contributed by atoms with E-state index in [4.69, 9.17) is 0 Å². The van der Waals surface area contributed by atoms with E-state index in [1.807, 2.05) is 31.6 Å². The first-order chi connectivity index (χ1) is 9.13. The van der Waals surface area contributed by atoms with Crippen molar-refractivity contribution >= 4 is 11.9 Å². The SMILES string of the molecule is CCn1cc(C(=O)/C=C/c2cn(CC)nc2C)cn1. The summed E-state index contributed by atoms with van der Waals surface area (Å²) in [5.74, 6) is -0.0386. The molecule has 19 heavy (non-hydrogen) atoms. The lowest BCUT2D eigenvalue weighted by Gasteiger charge is -1.91. The van der Waals surface area contributed by atoms with Crippen molar-refractivity contribution in [2.75, 3.05) is 0 Å². The number of carbonyl (C=O) groups is 1. The van der Waals surface area contributed by atoms with Gasteiger partial charge in [-0.3, -0.25) is 14.2 Å². The molecule has 5 nitrogen and oxygen atoms in total. The Kier molecular flexibility index (Phi) is 3.94. The lowest BCUT2D eigenvalue weighted by molar-refractivity contribution is 0.104. The fourth-order valence-corrected chi connectivity index (χ4v) is 1.78. The van der Waals surface area contributed by atoms with E-state index in [0.717, 1.165) is 24.3 Å². The van der Waals surface area contributed by atoms with Gasteiger partial charge in [-0.25, -0.2) is 0 Å². The maximum absolute atomic E-state index is 12.0. The van der Waals surface area contributed by atoms with Gasteiger partial charge < -0.3 is 0 Å². The van der Waals surface area contributed by atoms with Crippen molar-refractivity contribution in [2.24, 2.45) is 0 Å². The van der Waals surface area contributed by atoms with Gasteiger partial charge in [-0.1, -0.05) is 0 Å². The van der Waals surface area contributed by atoms with E-state index < -0.39 is 0 Å². The minimum atomic E-state index is -0.0386. The molecule has 2 rings (SSSR count). The Balaban J connectivity index is 2.13. The van der Waals surface area contributed by atoms with E-state index in [0.29, 0.717) is 5.56 Å². The van der Waals surface area contributed by atoms with Gasteiger partial charge in [0.25, 0.3) is 0 Å². The van der Waals surface area contributed by atoms with E-state index in [1.54, 1.807) is 29.2 Å². The summed E-state index contributed by atoms with van der Waals surface area (Å²) >= 11 is 0. The molecule has 0 unspecified atom stereocenters. The smallest absolute Gasteiger partial charge is 0.189 e. The van der Waals surface area contributed by atoms with Gasteiger partial charge in [0, 0.05) is 31.0 Å². The normalized spacial score (nSPS) is 11.3. The third kappa shape index (κ3) is 2.99. The van der Waals surface area contributed by atoms with Gasteiger partial charge in [-0.15, -0.1) is 0 Å². The van der Waals surface area contributed by atoms with Crippen molar-refractivity contribution in [2.45, 2.75) is 33.9 Å². The molecule has 2 aromatic rings. The number of nitrogens with zero attached hydrogens (tertiary/aromatic N) is 4. The van der Waals surface area contributed by atoms with Crippen LogP contribution in [0.4, 0.5) is 0 Å². The first-order valence-corrected chi connectivity index (χ1v) is 6.43. The van der Waals surface area contributed by atoms with Crippen molar-refractivity contribution in [1.82, 2.24) is 19.6 Å². The molecule has 0 aliphatic carbocycles. The molecule has 0 amide bonds. The Morgan fingerprint density at radius 1 is 1.26 bits per heavy atom. The Morgan fingerprint density at radius 2 is 2.00 bits per heavy atom. The second kappa shape index (κ2) is 5.65. The highest BCUT2D eigenvalue weighted by atomic mass is 16.1. The van der Waals surface area contributed by atoms with Crippen LogP contribution in [0.2, 0.25) is 0 Å². The maximum atomic E-state index is 12.0. The number of hydrogen-bond acceptors (Lipinski definition) is 3. The molecule has 5 heteroatoms. The molecule has 2 aromatic heterocycles. The first kappa shape index (κ1) is 13.3. The minimum absolute atomic E-state index is 0.0386. The Hall–Kier alpha value is -2.17. The van der Waals surface area contributed by atoms with Gasteiger partial charge >= 0.3 is 0 Å². The fourth-order valence-electron chi connectivity index (χ4n) is 1.78. The van der Waals surface area contributed by atoms with Crippen LogP contribution in [0.1, 0.15) is 35.5 Å². The summed E-state index contributed by atoms with van der Waals surface area (Å²) in [6, 6.07) is 0. The molecule has 2 heterocycles. The number of carbonyl (C=O) groups excluding carboxylic acids is 1. The number of rotatable bonds is 5. The quantitative estimate of drug-likeness (QED) is 0.611. The molecule has 0 bridgehead atoms. The van der Waals surface area contributed by atoms with E-state index in [9.17, 15) is 4.79 Å². The summed E-state index contributed by atoms with van der Waals surface area (Å²) < 4.78 is 3.59. The molecule has 0 atom stereocenters. The zero-order valence-electron chi connectivity index (χ0n) is 11.5. The number of ketones is 1. The molecule has 0 aromatic carbocycles. The summed E-state index contributed by atoms with van der Waals surface area (Å²) in [5, 5.41) is 8.43. The largest absolute Gasteiger partial charge is 0.289 e. The highest BCUT2D eigenvalue weighted by Crippen LogP contribution is 2.09. The highest BCUT2D eigenvalue weighted by molar-refractivity contribution is 6.06. The number of allylic oxidation sites excluding steroid dienone is 1. The van der Waals surface area contributed by atoms with Gasteiger partial charge in [-0.2, -0.15) is 10.2 Å². The van der Waals surface area contributed by atoms with Crippen LogP contribution in [0.15, 0.2) is 24.7 Å². The summed E-state index contributed by atoms with van der Waals surface area (Å²) in [4.78, 5) is 12.0. The monoisotopic (exact) mass is 258 g/mol. The van der Waals surface area contributed by atoms with Crippen LogP contribution in [0.25, 0.3) is 6.08 Å². The van der Waals surface area contributed by atoms with Crippen LogP contribution in [-0.2, 0) is 13.1 Å². The van der Waals surface area contributed by atoms with Crippen molar-refractivity contribution in [1.29, 1.82) is 0 Å². The molecule has 100 valence electrons. The third-order valence-electron chi connectivity index (χ3n) is 2.96. The van der Waals surface area contributed by atoms with E-state index in [2.05, 4.69) is 10.2 Å². The van der Waals surface area contributed by atoms with Crippen LogP contribution in [0.3, 0.4) is 0 Å². The average Bonchev–Trinajstić information content (AvgIpc) is 3.02. The van der Waals surface area contributed by atoms with Crippen LogP contribution in [0, 0.1) is 6.92 Å². The molecule has 0 saturated carbocycles. The predicted octanol–water partition coefficient (Wildman–Crippen LogP) is 2.32. The molecule has 0 saturated heterocycles. The molecule has 0 aliphatic rings. The van der Waals surface area contributed by atoms with E-state index in [1.165, 1.54) is 0 Å². The van der Waals surface area contributed by atoms with Gasteiger partial charge in [-0.05, 0) is 32.9 Å². The molecule has 0 fully saturated rings. The van der Waals surface area contributed by atoms with E-state index >= 15 is 0 Å². The zero-order chi connectivity index (χ0) is 13.8. The first-order valence-electron chi connectivity index (χ1n) is 6.43. The summed E-state index contributed by atoms with van der Waals surface area (Å²) in [6.45, 7) is 7.54. The Bertz CT molecular complexity index is 607. The second-order valence-electron chi connectivity index (χ2n) is 4.31. The molecule has 0 radical (unpaired) electrons. The van der Waals surface area contributed by atoms with Crippen molar-refractivity contribution in [3.05, 3.63) is 41.5 Å². The molecule has 0 aliphatic heterocycles. The topological polar surface area (TPSA) is 52.7 Å². The summed E-state index contributed by atoms with van der Waals surface area (Å²) in [6.07, 6.45) is 8.67. The van der Waals surface area contributed by atoms with Crippen molar-refractivity contribution in [3.8, 4) is 0 Å². The average molecular weight is 258 g/mol. The molecule has 0 N–H and O–H groups in total. The molecular weight excluding hydrogens is 240 g/mol. The van der Waals surface area contributed by atoms with Gasteiger partial charge in [0.2, 0.25) is 0 Å². The fraction of sp³-hybridized carbons (Fsp3) is 0.357. The van der Waals surface area contributed by atoms with Gasteiger partial charge in [0.05, 0.1) is 17.5 Å². The van der Waals surface area contributed by atoms with Crippen molar-refractivity contribution in [3.63, 3.8) is 0 Å². The minimum Gasteiger partial charge on any atom is -0.289 e. The Labute approximate surface area is 112 Å². The van der Waals surface area contributed by atoms with E-state index in [-0.39, 0.29) is 5.78 Å². The predicted molar refractivity (Wildman–Crippen MR) is 73.9 cm³/mol. The van der Waals surface area contributed by atoms with Gasteiger partial charge in [0.15, 0.2) is 5.78 Å². The standard InChI is InChI=1S/C14H18N4O/c1-4-17-10-13(8-15-17)14(19)7-6-12-9-18(5-2)16-11(12)3/h6-10H,4-5H2,1-3H3/b7-6+. The lowest BCUT2D eigenvalue weighted by Crippen LogP contribution is -1.94. The van der Waals surface area contributed by atoms with Crippen LogP contribution in [0.5, 0.6) is 0 Å². The van der Waals surface area contributed by atoms with Crippen LogP contribution < -0.4 is 0 Å². The van der Waals surface area contributed by atoms with Gasteiger partial charge in [0.1, 0.15) is 0 Å². The summed E-state index contributed by atoms with van der Waals surface area (Å²) in [5.41, 5.74) is 2.51. The highest BCUT2D eigenvalue weighted by Gasteiger charge is 2.06. The Morgan fingerprint density at radius 3 is 2.58 bits per heavy atom. The van der Waals surface area contributed by atoms with Crippen LogP contribution in [-0.4, -0.2) is 25.3 Å².